The molecule has 0 spiro atoms. The van der Waals surface area contributed by atoms with E-state index in [1.165, 1.54) is 4.90 Å². The van der Waals surface area contributed by atoms with Gasteiger partial charge in [-0.25, -0.2) is 0 Å². The summed E-state index contributed by atoms with van der Waals surface area (Å²) in [5.74, 6) is 0.625. The predicted octanol–water partition coefficient (Wildman–Crippen LogP) is 4.31. The number of methoxy groups -OCH3 is 3. The van der Waals surface area contributed by atoms with Crippen LogP contribution in [0.25, 0.3) is 0 Å². The minimum absolute atomic E-state index is 0.102. The fraction of sp³-hybridized carbons (Fsp3) is 0.500. The monoisotopic (exact) mass is 530 g/mol. The Bertz CT molecular complexity index is 938. The molecule has 0 saturated heterocycles. The van der Waals surface area contributed by atoms with E-state index in [-0.39, 0.29) is 12.5 Å². The highest BCUT2D eigenvalue weighted by Crippen LogP contribution is 2.28. The zero-order chi connectivity index (χ0) is 25.1. The van der Waals surface area contributed by atoms with Gasteiger partial charge in [-0.15, -0.1) is 11.3 Å². The number of carbonyl (C=O) groups is 2. The van der Waals surface area contributed by atoms with E-state index >= 15 is 0 Å². The first-order valence-corrected chi connectivity index (χ1v) is 12.6. The highest BCUT2D eigenvalue weighted by Gasteiger charge is 2.25. The van der Waals surface area contributed by atoms with Gasteiger partial charge in [0, 0.05) is 31.7 Å². The number of benzene rings is 1. The number of nitrogens with zero attached hydrogens (tertiary/aromatic N) is 2. The molecule has 10 heteroatoms. The van der Waals surface area contributed by atoms with Gasteiger partial charge in [-0.3, -0.25) is 9.59 Å². The molecule has 0 fully saturated rings. The second-order valence-corrected chi connectivity index (χ2v) is 9.79. The Morgan fingerprint density at radius 3 is 2.35 bits per heavy atom. The standard InChI is InChI=1S/C24H32Cl2N2O5S/c1-17-9-13-34-21(17)15-27(11-8-18-6-7-19(32-3)20(14-18)33-4)22(29)16-28(10-5-12-31-2)24(30)23(25)26/h6-7,9,13-14,23H,5,8,10-12,15-16H2,1-4H3. The van der Waals surface area contributed by atoms with Gasteiger partial charge in [-0.2, -0.15) is 0 Å². The third-order valence-corrected chi connectivity index (χ3v) is 6.76. The van der Waals surface area contributed by atoms with Crippen molar-refractivity contribution in [3.8, 4) is 11.5 Å². The lowest BCUT2D eigenvalue weighted by Crippen LogP contribution is -2.45. The maximum atomic E-state index is 13.4. The summed E-state index contributed by atoms with van der Waals surface area (Å²) in [7, 11) is 4.77. The molecule has 188 valence electrons. The first kappa shape index (κ1) is 28.2. The van der Waals surface area contributed by atoms with E-state index < -0.39 is 10.7 Å². The van der Waals surface area contributed by atoms with Crippen LogP contribution in [0, 0.1) is 6.92 Å². The van der Waals surface area contributed by atoms with Crippen LogP contribution in [0.2, 0.25) is 0 Å². The Labute approximate surface area is 215 Å². The molecule has 0 aliphatic rings. The third-order valence-electron chi connectivity index (χ3n) is 5.37. The van der Waals surface area contributed by atoms with E-state index in [0.29, 0.717) is 50.6 Å². The molecule has 2 amide bonds. The van der Waals surface area contributed by atoms with Crippen molar-refractivity contribution in [2.24, 2.45) is 0 Å². The zero-order valence-electron chi connectivity index (χ0n) is 20.0. The third kappa shape index (κ3) is 8.34. The minimum atomic E-state index is -1.23. The molecule has 1 heterocycles. The number of halogens is 2. The largest absolute Gasteiger partial charge is 0.493 e. The smallest absolute Gasteiger partial charge is 0.256 e. The molecule has 34 heavy (non-hydrogen) atoms. The topological polar surface area (TPSA) is 68.3 Å². The van der Waals surface area contributed by atoms with E-state index in [1.807, 2.05) is 36.6 Å². The van der Waals surface area contributed by atoms with Crippen molar-refractivity contribution in [3.05, 3.63) is 45.6 Å². The summed E-state index contributed by atoms with van der Waals surface area (Å²) in [5.41, 5.74) is 2.14. The van der Waals surface area contributed by atoms with Gasteiger partial charge in [-0.05, 0) is 54.5 Å². The second kappa shape index (κ2) is 14.4. The van der Waals surface area contributed by atoms with Crippen LogP contribution >= 0.6 is 34.5 Å². The van der Waals surface area contributed by atoms with Crippen LogP contribution in [-0.2, 0) is 27.3 Å². The van der Waals surface area contributed by atoms with Crippen molar-refractivity contribution in [2.45, 2.75) is 31.1 Å². The Balaban J connectivity index is 2.18. The van der Waals surface area contributed by atoms with E-state index in [1.54, 1.807) is 37.6 Å². The molecule has 1 aromatic heterocycles. The summed E-state index contributed by atoms with van der Waals surface area (Å²) in [5, 5.41) is 2.01. The van der Waals surface area contributed by atoms with Crippen molar-refractivity contribution in [1.82, 2.24) is 9.80 Å². The van der Waals surface area contributed by atoms with E-state index in [0.717, 1.165) is 16.0 Å². The highest BCUT2D eigenvalue weighted by atomic mass is 35.5. The van der Waals surface area contributed by atoms with E-state index in [2.05, 4.69) is 0 Å². The Morgan fingerprint density at radius 1 is 1.03 bits per heavy atom. The molecule has 0 unspecified atom stereocenters. The van der Waals surface area contributed by atoms with Crippen molar-refractivity contribution >= 4 is 46.4 Å². The van der Waals surface area contributed by atoms with Crippen LogP contribution in [-0.4, -0.2) is 74.0 Å². The molecule has 2 rings (SSSR count). The predicted molar refractivity (Wildman–Crippen MR) is 136 cm³/mol. The fourth-order valence-corrected chi connectivity index (χ4v) is 4.60. The lowest BCUT2D eigenvalue weighted by atomic mass is 10.1. The number of alkyl halides is 2. The zero-order valence-corrected chi connectivity index (χ0v) is 22.3. The molecule has 0 radical (unpaired) electrons. The van der Waals surface area contributed by atoms with Crippen LogP contribution in [0.15, 0.2) is 29.6 Å². The van der Waals surface area contributed by atoms with Crippen LogP contribution in [0.3, 0.4) is 0 Å². The normalized spacial score (nSPS) is 10.9. The summed E-state index contributed by atoms with van der Waals surface area (Å²) in [4.78, 5) is 28.9. The number of hydrogen-bond donors (Lipinski definition) is 0. The Hall–Kier alpha value is -2.00. The van der Waals surface area contributed by atoms with E-state index in [9.17, 15) is 9.59 Å². The minimum Gasteiger partial charge on any atom is -0.493 e. The maximum Gasteiger partial charge on any atom is 0.256 e. The molecule has 0 aliphatic carbocycles. The molecule has 0 bridgehead atoms. The number of aryl methyl sites for hydroxylation is 1. The molecule has 0 atom stereocenters. The van der Waals surface area contributed by atoms with Crippen LogP contribution < -0.4 is 9.47 Å². The lowest BCUT2D eigenvalue weighted by molar-refractivity contribution is -0.140. The van der Waals surface area contributed by atoms with Gasteiger partial charge in [0.05, 0.1) is 27.3 Å². The van der Waals surface area contributed by atoms with Gasteiger partial charge in [0.15, 0.2) is 16.3 Å². The van der Waals surface area contributed by atoms with Gasteiger partial charge < -0.3 is 24.0 Å². The van der Waals surface area contributed by atoms with Crippen molar-refractivity contribution in [1.29, 1.82) is 0 Å². The summed E-state index contributed by atoms with van der Waals surface area (Å²) < 4.78 is 15.8. The number of thiophene rings is 1. The summed E-state index contributed by atoms with van der Waals surface area (Å²) in [6, 6.07) is 7.74. The van der Waals surface area contributed by atoms with Crippen molar-refractivity contribution < 1.29 is 23.8 Å². The lowest BCUT2D eigenvalue weighted by Gasteiger charge is -2.28. The van der Waals surface area contributed by atoms with Gasteiger partial charge in [0.2, 0.25) is 5.91 Å². The van der Waals surface area contributed by atoms with E-state index in [4.69, 9.17) is 37.4 Å². The summed E-state index contributed by atoms with van der Waals surface area (Å²) in [6.45, 7) is 3.64. The van der Waals surface area contributed by atoms with Crippen molar-refractivity contribution in [2.75, 3.05) is 47.6 Å². The van der Waals surface area contributed by atoms with Crippen LogP contribution in [0.5, 0.6) is 11.5 Å². The molecule has 7 nitrogen and oxygen atoms in total. The Morgan fingerprint density at radius 2 is 1.76 bits per heavy atom. The number of rotatable bonds is 14. The average Bonchev–Trinajstić information content (AvgIpc) is 3.24. The SMILES string of the molecule is COCCCN(CC(=O)N(CCc1ccc(OC)c(OC)c1)Cc1sccc1C)C(=O)C(Cl)Cl. The molecule has 1 aromatic carbocycles. The number of ether oxygens (including phenoxy) is 3. The molecule has 0 aliphatic heterocycles. The molecule has 0 N–H and O–H groups in total. The second-order valence-electron chi connectivity index (χ2n) is 7.69. The maximum absolute atomic E-state index is 13.4. The van der Waals surface area contributed by atoms with Gasteiger partial charge in [-0.1, -0.05) is 29.3 Å². The first-order valence-electron chi connectivity index (χ1n) is 10.9. The van der Waals surface area contributed by atoms with Gasteiger partial charge in [0.25, 0.3) is 5.91 Å². The summed E-state index contributed by atoms with van der Waals surface area (Å²) >= 11 is 13.3. The first-order chi connectivity index (χ1) is 16.3. The summed E-state index contributed by atoms with van der Waals surface area (Å²) in [6.07, 6.45) is 1.19. The molecular weight excluding hydrogens is 499 g/mol. The fourth-order valence-electron chi connectivity index (χ4n) is 3.40. The van der Waals surface area contributed by atoms with Gasteiger partial charge >= 0.3 is 0 Å². The Kier molecular flexibility index (Phi) is 12.0. The van der Waals surface area contributed by atoms with Crippen LogP contribution in [0.1, 0.15) is 22.4 Å². The number of hydrogen-bond acceptors (Lipinski definition) is 6. The van der Waals surface area contributed by atoms with Crippen molar-refractivity contribution in [3.63, 3.8) is 0 Å². The molecule has 0 saturated carbocycles. The quantitative estimate of drug-likeness (QED) is 0.269. The van der Waals surface area contributed by atoms with Crippen LogP contribution in [0.4, 0.5) is 0 Å². The average molecular weight is 532 g/mol. The highest BCUT2D eigenvalue weighted by molar-refractivity contribution is 7.10. The molecule has 2 aromatic rings. The number of carbonyl (C=O) groups excluding carboxylic acids is 2. The van der Waals surface area contributed by atoms with Gasteiger partial charge in [0.1, 0.15) is 0 Å². The molecular formula is C24H32Cl2N2O5S. The number of amides is 2.